The zero-order valence-corrected chi connectivity index (χ0v) is 8.10. The molecule has 0 saturated carbocycles. The third kappa shape index (κ3) is 1.44. The van der Waals surface area contributed by atoms with Gasteiger partial charge >= 0.3 is 0 Å². The first-order valence-electron chi connectivity index (χ1n) is 4.54. The van der Waals surface area contributed by atoms with E-state index in [0.29, 0.717) is 12.4 Å². The van der Waals surface area contributed by atoms with Crippen LogP contribution in [0.2, 0.25) is 0 Å². The molecule has 14 heavy (non-hydrogen) atoms. The fraction of sp³-hybridized carbons (Fsp3) is 0.300. The Hall–Kier alpha value is -1.55. The molecular formula is C10H13N3O. The number of aromatic nitrogens is 2. The number of hydrogen-bond acceptors (Lipinski definition) is 3. The van der Waals surface area contributed by atoms with Crippen molar-refractivity contribution in [3.63, 3.8) is 0 Å². The third-order valence-electron chi connectivity index (χ3n) is 2.21. The van der Waals surface area contributed by atoms with Crippen LogP contribution in [-0.4, -0.2) is 23.2 Å². The molecule has 2 aromatic heterocycles. The van der Waals surface area contributed by atoms with E-state index in [0.717, 1.165) is 17.4 Å². The summed E-state index contributed by atoms with van der Waals surface area (Å²) in [6.45, 7) is 1.45. The van der Waals surface area contributed by atoms with Gasteiger partial charge < -0.3 is 15.0 Å². The minimum atomic E-state index is 0.635. The summed E-state index contributed by atoms with van der Waals surface area (Å²) < 4.78 is 7.13. The highest BCUT2D eigenvalue weighted by molar-refractivity contribution is 5.80. The highest BCUT2D eigenvalue weighted by atomic mass is 16.5. The summed E-state index contributed by atoms with van der Waals surface area (Å²) in [6, 6.07) is 3.96. The van der Waals surface area contributed by atoms with E-state index in [1.165, 1.54) is 0 Å². The van der Waals surface area contributed by atoms with E-state index < -0.39 is 0 Å². The summed E-state index contributed by atoms with van der Waals surface area (Å²) in [5, 5.41) is 1.13. The minimum Gasteiger partial charge on any atom is -0.481 e. The number of fused-ring (bicyclic) bond motifs is 1. The van der Waals surface area contributed by atoms with Crippen LogP contribution in [0.25, 0.3) is 10.9 Å². The Morgan fingerprint density at radius 3 is 3.14 bits per heavy atom. The lowest BCUT2D eigenvalue weighted by atomic mass is 10.3. The molecule has 2 aromatic rings. The summed E-state index contributed by atoms with van der Waals surface area (Å²) in [5.41, 5.74) is 6.59. The van der Waals surface area contributed by atoms with Crippen LogP contribution >= 0.6 is 0 Å². The van der Waals surface area contributed by atoms with Crippen LogP contribution < -0.4 is 10.5 Å². The standard InChI is InChI=1S/C10H13N3O/c1-14-10-6-8-2-4-13(5-3-11)9(8)7-12-10/h2,4,6-7H,3,5,11H2,1H3. The molecule has 74 valence electrons. The number of nitrogens with zero attached hydrogens (tertiary/aromatic N) is 2. The summed E-state index contributed by atoms with van der Waals surface area (Å²) in [6.07, 6.45) is 3.82. The van der Waals surface area contributed by atoms with E-state index in [4.69, 9.17) is 10.5 Å². The quantitative estimate of drug-likeness (QED) is 0.787. The van der Waals surface area contributed by atoms with E-state index in [-0.39, 0.29) is 0 Å². The van der Waals surface area contributed by atoms with Crippen LogP contribution in [0.3, 0.4) is 0 Å². The Labute approximate surface area is 82.3 Å². The molecule has 0 saturated heterocycles. The predicted molar refractivity (Wildman–Crippen MR) is 55.3 cm³/mol. The van der Waals surface area contributed by atoms with Crippen molar-refractivity contribution in [1.29, 1.82) is 0 Å². The van der Waals surface area contributed by atoms with Crippen LogP contribution in [0.15, 0.2) is 24.5 Å². The third-order valence-corrected chi connectivity index (χ3v) is 2.21. The lowest BCUT2D eigenvalue weighted by Crippen LogP contribution is -2.08. The van der Waals surface area contributed by atoms with E-state index in [1.807, 2.05) is 24.5 Å². The van der Waals surface area contributed by atoms with Crippen LogP contribution in [0.1, 0.15) is 0 Å². The van der Waals surface area contributed by atoms with Gasteiger partial charge in [0.1, 0.15) is 0 Å². The number of rotatable bonds is 3. The molecule has 0 spiro atoms. The molecule has 0 aliphatic rings. The van der Waals surface area contributed by atoms with Crippen molar-refractivity contribution < 1.29 is 4.74 Å². The molecule has 0 aromatic carbocycles. The first-order chi connectivity index (χ1) is 6.85. The maximum atomic E-state index is 5.50. The van der Waals surface area contributed by atoms with Crippen LogP contribution in [-0.2, 0) is 6.54 Å². The van der Waals surface area contributed by atoms with E-state index in [2.05, 4.69) is 9.55 Å². The largest absolute Gasteiger partial charge is 0.481 e. The molecule has 0 aliphatic carbocycles. The lowest BCUT2D eigenvalue weighted by molar-refractivity contribution is 0.398. The molecule has 0 radical (unpaired) electrons. The number of ether oxygens (including phenoxy) is 1. The zero-order chi connectivity index (χ0) is 9.97. The van der Waals surface area contributed by atoms with Crippen molar-refractivity contribution in [1.82, 2.24) is 9.55 Å². The Kier molecular flexibility index (Phi) is 2.37. The molecule has 4 nitrogen and oxygen atoms in total. The lowest BCUT2D eigenvalue weighted by Gasteiger charge is -2.02. The molecule has 2 heterocycles. The Morgan fingerprint density at radius 2 is 2.43 bits per heavy atom. The first kappa shape index (κ1) is 9.02. The maximum absolute atomic E-state index is 5.50. The first-order valence-corrected chi connectivity index (χ1v) is 4.54. The summed E-state index contributed by atoms with van der Waals surface area (Å²) in [4.78, 5) is 4.16. The molecule has 2 rings (SSSR count). The summed E-state index contributed by atoms with van der Waals surface area (Å²) >= 11 is 0. The van der Waals surface area contributed by atoms with Gasteiger partial charge in [-0.05, 0) is 6.07 Å². The number of pyridine rings is 1. The molecule has 0 fully saturated rings. The van der Waals surface area contributed by atoms with Gasteiger partial charge in [0.25, 0.3) is 0 Å². The predicted octanol–water partition coefficient (Wildman–Crippen LogP) is 1.00. The summed E-state index contributed by atoms with van der Waals surface area (Å²) in [7, 11) is 1.62. The molecule has 0 bridgehead atoms. The number of nitrogens with two attached hydrogens (primary N) is 1. The van der Waals surface area contributed by atoms with Gasteiger partial charge in [0.05, 0.1) is 18.8 Å². The van der Waals surface area contributed by atoms with E-state index >= 15 is 0 Å². The average Bonchev–Trinajstić information content (AvgIpc) is 2.61. The fourth-order valence-corrected chi connectivity index (χ4v) is 1.51. The Balaban J connectivity index is 2.48. The molecule has 0 atom stereocenters. The second kappa shape index (κ2) is 3.67. The van der Waals surface area contributed by atoms with Crippen LogP contribution in [0, 0.1) is 0 Å². The van der Waals surface area contributed by atoms with Gasteiger partial charge in [0.2, 0.25) is 5.88 Å². The molecule has 0 amide bonds. The van der Waals surface area contributed by atoms with E-state index in [1.54, 1.807) is 7.11 Å². The Morgan fingerprint density at radius 1 is 1.57 bits per heavy atom. The van der Waals surface area contributed by atoms with Gasteiger partial charge in [-0.25, -0.2) is 4.98 Å². The van der Waals surface area contributed by atoms with Gasteiger partial charge in [-0.15, -0.1) is 0 Å². The van der Waals surface area contributed by atoms with Gasteiger partial charge in [-0.1, -0.05) is 0 Å². The molecule has 0 unspecified atom stereocenters. The molecule has 2 N–H and O–H groups in total. The number of methoxy groups -OCH3 is 1. The normalized spacial score (nSPS) is 10.7. The Bertz CT molecular complexity index is 436. The monoisotopic (exact) mass is 191 g/mol. The second-order valence-corrected chi connectivity index (χ2v) is 3.08. The molecule has 0 aliphatic heterocycles. The highest BCUT2D eigenvalue weighted by Crippen LogP contribution is 2.18. The molecule has 4 heteroatoms. The van der Waals surface area contributed by atoms with Crippen molar-refractivity contribution in [2.45, 2.75) is 6.54 Å². The smallest absolute Gasteiger partial charge is 0.213 e. The van der Waals surface area contributed by atoms with Crippen molar-refractivity contribution in [3.05, 3.63) is 24.5 Å². The van der Waals surface area contributed by atoms with Crippen molar-refractivity contribution in [2.24, 2.45) is 5.73 Å². The van der Waals surface area contributed by atoms with Gasteiger partial charge in [-0.3, -0.25) is 0 Å². The topological polar surface area (TPSA) is 53.1 Å². The molecular weight excluding hydrogens is 178 g/mol. The second-order valence-electron chi connectivity index (χ2n) is 3.08. The number of hydrogen-bond donors (Lipinski definition) is 1. The SMILES string of the molecule is COc1cc2ccn(CCN)c2cn1. The summed E-state index contributed by atoms with van der Waals surface area (Å²) in [5.74, 6) is 0.642. The van der Waals surface area contributed by atoms with Crippen molar-refractivity contribution in [2.75, 3.05) is 13.7 Å². The minimum absolute atomic E-state index is 0.635. The van der Waals surface area contributed by atoms with Crippen LogP contribution in [0.5, 0.6) is 5.88 Å². The van der Waals surface area contributed by atoms with Crippen LogP contribution in [0.4, 0.5) is 0 Å². The van der Waals surface area contributed by atoms with Gasteiger partial charge in [-0.2, -0.15) is 0 Å². The highest BCUT2D eigenvalue weighted by Gasteiger charge is 2.02. The average molecular weight is 191 g/mol. The van der Waals surface area contributed by atoms with Crippen molar-refractivity contribution >= 4 is 10.9 Å². The van der Waals surface area contributed by atoms with Gasteiger partial charge in [0, 0.05) is 30.7 Å². The van der Waals surface area contributed by atoms with Crippen molar-refractivity contribution in [3.8, 4) is 5.88 Å². The van der Waals surface area contributed by atoms with E-state index in [9.17, 15) is 0 Å². The maximum Gasteiger partial charge on any atom is 0.213 e. The zero-order valence-electron chi connectivity index (χ0n) is 8.10. The fourth-order valence-electron chi connectivity index (χ4n) is 1.51. The van der Waals surface area contributed by atoms with Gasteiger partial charge in [0.15, 0.2) is 0 Å².